The lowest BCUT2D eigenvalue weighted by atomic mass is 9.91. The van der Waals surface area contributed by atoms with E-state index in [-0.39, 0.29) is 33.4 Å². The van der Waals surface area contributed by atoms with Crippen LogP contribution >= 0.6 is 0 Å². The zero-order valence-corrected chi connectivity index (χ0v) is 24.1. The highest BCUT2D eigenvalue weighted by molar-refractivity contribution is 6.17. The van der Waals surface area contributed by atoms with Crippen LogP contribution in [0.3, 0.4) is 0 Å². The van der Waals surface area contributed by atoms with Gasteiger partial charge in [0.2, 0.25) is 0 Å². The molecule has 0 amide bonds. The maximum Gasteiger partial charge on any atom is 0.0645 e. The molecule has 9 rings (SSSR count). The molecule has 45 heavy (non-hydrogen) atoms. The molecule has 212 valence electrons. The summed E-state index contributed by atoms with van der Waals surface area (Å²) in [5.74, 6) is 0. The molecule has 0 saturated carbocycles. The zero-order valence-electron chi connectivity index (χ0n) is 36.1. The molecule has 0 saturated heterocycles. The van der Waals surface area contributed by atoms with Gasteiger partial charge in [0.15, 0.2) is 0 Å². The lowest BCUT2D eigenvalue weighted by Gasteiger charge is -2.17. The first-order valence-electron chi connectivity index (χ1n) is 20.6. The van der Waals surface area contributed by atoms with Crippen molar-refractivity contribution in [1.29, 1.82) is 0 Å². The van der Waals surface area contributed by atoms with E-state index in [4.69, 9.17) is 12.3 Å². The van der Waals surface area contributed by atoms with Crippen molar-refractivity contribution in [3.8, 4) is 33.6 Å². The van der Waals surface area contributed by atoms with Gasteiger partial charge in [0.1, 0.15) is 0 Å². The van der Waals surface area contributed by atoms with Crippen molar-refractivity contribution in [3.63, 3.8) is 0 Å². The predicted molar refractivity (Wildman–Crippen MR) is 191 cm³/mol. The molecule has 0 spiro atoms. The smallest absolute Gasteiger partial charge is 0.0645 e. The fourth-order valence-electron chi connectivity index (χ4n) is 6.53. The number of hydrogen-bond acceptors (Lipinski definition) is 0. The second-order valence-corrected chi connectivity index (χ2v) is 10.9. The molecule has 2 heterocycles. The molecule has 7 aromatic carbocycles. The number of nitrogens with zero attached hydrogens (tertiary/aromatic N) is 2. The van der Waals surface area contributed by atoms with Gasteiger partial charge >= 0.3 is 0 Å². The van der Waals surface area contributed by atoms with E-state index in [0.29, 0.717) is 11.1 Å². The normalized spacial score (nSPS) is 15.4. The lowest BCUT2D eigenvalue weighted by Crippen LogP contribution is -1.98. The summed E-state index contributed by atoms with van der Waals surface area (Å²) in [6.45, 7) is 2.05. The molecule has 9 aromatic rings. The molecule has 2 aromatic heterocycles. The highest BCUT2D eigenvalue weighted by Gasteiger charge is 2.20. The molecule has 0 aliphatic heterocycles. The minimum absolute atomic E-state index is 0.0204. The number of rotatable bonds is 4. The van der Waals surface area contributed by atoms with E-state index in [9.17, 15) is 4.11 Å². The Morgan fingerprint density at radius 3 is 1.98 bits per heavy atom. The first kappa shape index (κ1) is 16.3. The summed E-state index contributed by atoms with van der Waals surface area (Å²) >= 11 is 0. The van der Waals surface area contributed by atoms with Crippen LogP contribution in [-0.4, -0.2) is 9.13 Å². The maximum absolute atomic E-state index is 9.46. The zero-order chi connectivity index (χ0) is 40.3. The van der Waals surface area contributed by atoms with Gasteiger partial charge in [0, 0.05) is 32.8 Å². The Hall–Kier alpha value is -5.86. The quantitative estimate of drug-likeness (QED) is 0.194. The Kier molecular flexibility index (Phi) is 3.66. The molecular weight excluding hydrogens is 544 g/mol. The third kappa shape index (κ3) is 3.89. The van der Waals surface area contributed by atoms with Crippen LogP contribution in [-0.2, 0) is 0 Å². The van der Waals surface area contributed by atoms with Gasteiger partial charge in [-0.05, 0) is 72.0 Å². The molecule has 0 fully saturated rings. The Bertz CT molecular complexity index is 3210. The average Bonchev–Trinajstić information content (AvgIpc) is 3.73. The van der Waals surface area contributed by atoms with Crippen LogP contribution in [0.4, 0.5) is 0 Å². The minimum Gasteiger partial charge on any atom is -0.309 e. The van der Waals surface area contributed by atoms with Crippen LogP contribution in [0.2, 0.25) is 0 Å². The number of hydrogen-bond donors (Lipinski definition) is 0. The Morgan fingerprint density at radius 1 is 0.444 bits per heavy atom. The first-order chi connectivity index (χ1) is 27.3. The van der Waals surface area contributed by atoms with Gasteiger partial charge in [0.25, 0.3) is 0 Å². The van der Waals surface area contributed by atoms with Gasteiger partial charge in [-0.15, -0.1) is 0 Å². The second kappa shape index (κ2) is 10.1. The number of aromatic nitrogens is 2. The molecule has 0 aliphatic carbocycles. The van der Waals surface area contributed by atoms with E-state index >= 15 is 0 Å². The molecule has 0 radical (unpaired) electrons. The van der Waals surface area contributed by atoms with Crippen LogP contribution in [0.5, 0.6) is 0 Å². The van der Waals surface area contributed by atoms with Crippen molar-refractivity contribution in [2.24, 2.45) is 0 Å². The molecule has 0 atom stereocenters. The highest BCUT2D eigenvalue weighted by atomic mass is 15.0. The minimum atomic E-state index is -0.682. The van der Waals surface area contributed by atoms with E-state index in [1.807, 2.05) is 55.5 Å². The Balaban J connectivity index is 1.46. The van der Waals surface area contributed by atoms with Crippen molar-refractivity contribution < 1.29 is 16.4 Å². The fraction of sp³-hybridized carbons (Fsp3) is 0.0233. The predicted octanol–water partition coefficient (Wildman–Crippen LogP) is 11.5. The van der Waals surface area contributed by atoms with Crippen LogP contribution < -0.4 is 0 Å². The number of aryl methyl sites for hydroxylation is 1. The van der Waals surface area contributed by atoms with E-state index in [0.717, 1.165) is 43.2 Å². The summed E-state index contributed by atoms with van der Waals surface area (Å²) in [4.78, 5) is 0. The molecule has 0 unspecified atom stereocenters. The SMILES string of the molecule is [2H]c1c([2H])c([2H])c(-n2c3c([2H])c([2H])c([2H])c([2H])c3c3c(-c4ccccc4-c4ccccc4-n4c5ccccc5c5cc(C)ccc54)c([2H])c([2H])c([2H])c32)c([2H])c1[2H]. The third-order valence-corrected chi connectivity index (χ3v) is 8.39. The fourth-order valence-corrected chi connectivity index (χ4v) is 6.53. The summed E-state index contributed by atoms with van der Waals surface area (Å²) in [6, 6.07) is 22.3. The van der Waals surface area contributed by atoms with Crippen molar-refractivity contribution in [2.75, 3.05) is 0 Å². The van der Waals surface area contributed by atoms with Crippen molar-refractivity contribution in [1.82, 2.24) is 9.13 Å². The Morgan fingerprint density at radius 2 is 1.11 bits per heavy atom. The third-order valence-electron chi connectivity index (χ3n) is 8.39. The van der Waals surface area contributed by atoms with Crippen LogP contribution in [0.1, 0.15) is 22.0 Å². The van der Waals surface area contributed by atoms with Crippen LogP contribution in [0.15, 0.2) is 164 Å². The molecular formula is C43H30N2. The summed E-state index contributed by atoms with van der Waals surface area (Å²) in [6.07, 6.45) is 0. The molecule has 2 heteroatoms. The van der Waals surface area contributed by atoms with Crippen molar-refractivity contribution in [2.45, 2.75) is 6.92 Å². The van der Waals surface area contributed by atoms with Gasteiger partial charge in [-0.1, -0.05) is 121 Å². The number of benzene rings is 7. The van der Waals surface area contributed by atoms with Gasteiger partial charge in [-0.2, -0.15) is 0 Å². The second-order valence-electron chi connectivity index (χ2n) is 10.9. The topological polar surface area (TPSA) is 9.86 Å². The van der Waals surface area contributed by atoms with E-state index in [1.54, 1.807) is 12.1 Å². The molecule has 2 nitrogen and oxygen atoms in total. The average molecular weight is 587 g/mol. The summed E-state index contributed by atoms with van der Waals surface area (Å²) in [5.41, 5.74) is 4.90. The molecule has 0 N–H and O–H groups in total. The summed E-state index contributed by atoms with van der Waals surface area (Å²) in [5, 5.41) is 2.05. The van der Waals surface area contributed by atoms with Gasteiger partial charge in [0.05, 0.1) is 44.2 Å². The van der Waals surface area contributed by atoms with Gasteiger partial charge in [-0.25, -0.2) is 0 Å². The monoisotopic (exact) mass is 586 g/mol. The molecule has 0 aliphatic rings. The largest absolute Gasteiger partial charge is 0.309 e. The number of para-hydroxylation sites is 4. The summed E-state index contributed by atoms with van der Waals surface area (Å²) < 4.78 is 110. The van der Waals surface area contributed by atoms with Crippen molar-refractivity contribution >= 4 is 43.6 Å². The van der Waals surface area contributed by atoms with Crippen molar-refractivity contribution in [3.05, 3.63) is 169 Å². The highest BCUT2D eigenvalue weighted by Crippen LogP contribution is 2.44. The first-order valence-corrected chi connectivity index (χ1v) is 14.6. The van der Waals surface area contributed by atoms with Gasteiger partial charge < -0.3 is 9.13 Å². The van der Waals surface area contributed by atoms with Gasteiger partial charge in [-0.3, -0.25) is 0 Å². The maximum atomic E-state index is 9.46. The molecule has 0 bridgehead atoms. The summed E-state index contributed by atoms with van der Waals surface area (Å²) in [7, 11) is 0. The number of fused-ring (bicyclic) bond motifs is 6. The van der Waals surface area contributed by atoms with E-state index in [2.05, 4.69) is 34.9 Å². The van der Waals surface area contributed by atoms with Crippen LogP contribution in [0, 0.1) is 6.92 Å². The van der Waals surface area contributed by atoms with E-state index < -0.39 is 72.2 Å². The Labute approximate surface area is 278 Å². The lowest BCUT2D eigenvalue weighted by molar-refractivity contribution is 1.18. The van der Waals surface area contributed by atoms with E-state index in [1.165, 1.54) is 0 Å². The van der Waals surface area contributed by atoms with Crippen LogP contribution in [0.25, 0.3) is 77.2 Å². The standard InChI is InChI=1S/C43H30N2/c1-29-26-27-41-37(28-29)34-19-8-11-23-39(34)45(41)38-22-10-7-18-33(38)31-16-5-6-17-32(31)35-21-13-25-42-43(35)36-20-9-12-24-40(36)44(42)30-14-3-2-4-15-30/h2-28H,1H3/i2D,3D,4D,9D,12D,13D,14D,15D,20D,21D,24D,25D.